The van der Waals surface area contributed by atoms with Gasteiger partial charge in [-0.15, -0.1) is 0 Å². The van der Waals surface area contributed by atoms with E-state index in [0.29, 0.717) is 54.9 Å². The van der Waals surface area contributed by atoms with Crippen LogP contribution in [0.2, 0.25) is 0 Å². The molecule has 1 N–H and O–H groups in total. The molecule has 1 heterocycles. The molecular formula is C72H107N4O7PS2. The van der Waals surface area contributed by atoms with Crippen LogP contribution in [0.4, 0.5) is 0 Å². The third-order valence-corrected chi connectivity index (χ3v) is 26.1. The number of nitrogens with zero attached hydrogens (tertiary/aromatic N) is 3. The SMILES string of the molecule is CCC(C)N(C(C)C)P(OCCC#N)O[C@@H]1C[C@@H](COC(c2ccccc2)(c2ccc(OC)cc2)c2ccc(OC)cc2)N(C(=O)CCCCCNC(=O)CCSS[C@H]2CC[C@@]3(C)C(=CCC4C3CC[C@@]3(C)C4CC[C@@H]3[C@H](C)CCCC(C)C)C2)C1. The van der Waals surface area contributed by atoms with E-state index in [9.17, 15) is 14.9 Å². The van der Waals surface area contributed by atoms with Gasteiger partial charge in [-0.05, 0) is 185 Å². The number of carbonyl (C=O) groups is 2. The number of fused-ring (bicyclic) bond motifs is 5. The fourth-order valence-corrected chi connectivity index (χ4v) is 20.7. The maximum absolute atomic E-state index is 14.7. The molecule has 11 nitrogen and oxygen atoms in total. The smallest absolute Gasteiger partial charge is 0.259 e. The molecule has 4 fully saturated rings. The summed E-state index contributed by atoms with van der Waals surface area (Å²) in [4.78, 5) is 29.8. The van der Waals surface area contributed by atoms with Crippen LogP contribution in [0.3, 0.4) is 0 Å². The van der Waals surface area contributed by atoms with Crippen LogP contribution < -0.4 is 14.8 Å². The van der Waals surface area contributed by atoms with E-state index in [4.69, 9.17) is 23.3 Å². The molecule has 4 aliphatic carbocycles. The van der Waals surface area contributed by atoms with Gasteiger partial charge in [0.2, 0.25) is 11.8 Å². The summed E-state index contributed by atoms with van der Waals surface area (Å²) in [6, 6.07) is 28.5. The van der Waals surface area contributed by atoms with Gasteiger partial charge < -0.3 is 33.5 Å². The highest BCUT2D eigenvalue weighted by Crippen LogP contribution is 2.68. The minimum atomic E-state index is -1.54. The standard InChI is InChI=1S/C72H107N4O7PS2/c1-12-54(7)76(52(4)5)84(82-45-20-43-73)83-62-48-59(50-81-72(55-23-15-13-16-24-55,56-26-31-60(79-10)32-27-56)57-28-33-61(80-11)34-29-57)75(49-62)69(78)25-17-14-18-44-74-68(77)40-46-85-86-63-38-41-70(8)58(47-63)30-35-64-66-37-36-65(53(6)22-19-21-51(2)3)71(66,9)42-39-67(64)70/h13,15-16,23-24,26-34,51-54,59,62-67H,12,14,17-22,25,35-42,44-50H2,1-11H3,(H,74,77)/t53-,54?,59+,62-,63+,64?,65-,66?,67?,70+,71-,84?/m1/s1. The monoisotopic (exact) mass is 1230 g/mol. The van der Waals surface area contributed by atoms with Crippen molar-refractivity contribution in [1.82, 2.24) is 14.9 Å². The number of ether oxygens (including phenoxy) is 3. The molecule has 0 spiro atoms. The first-order chi connectivity index (χ1) is 41.5. The molecule has 0 aromatic heterocycles. The van der Waals surface area contributed by atoms with Crippen molar-refractivity contribution < 1.29 is 32.8 Å². The molecule has 3 aromatic rings. The predicted octanol–water partition coefficient (Wildman–Crippen LogP) is 17.5. The molecule has 8 rings (SSSR count). The Balaban J connectivity index is 0.839. The van der Waals surface area contributed by atoms with Crippen molar-refractivity contribution in [2.75, 3.05) is 46.3 Å². The average molecular weight is 1240 g/mol. The van der Waals surface area contributed by atoms with Gasteiger partial charge in [-0.2, -0.15) is 5.26 Å². The van der Waals surface area contributed by atoms with Gasteiger partial charge >= 0.3 is 0 Å². The van der Waals surface area contributed by atoms with Crippen molar-refractivity contribution in [3.05, 3.63) is 107 Å². The second kappa shape index (κ2) is 32.4. The average Bonchev–Trinajstić information content (AvgIpc) is 1.51. The predicted molar refractivity (Wildman–Crippen MR) is 356 cm³/mol. The Morgan fingerprint density at radius 1 is 0.837 bits per heavy atom. The van der Waals surface area contributed by atoms with Crippen molar-refractivity contribution in [2.45, 2.75) is 219 Å². The van der Waals surface area contributed by atoms with Crippen LogP contribution in [0.15, 0.2) is 90.5 Å². The Kier molecular flexibility index (Phi) is 25.8. The topological polar surface area (TPSA) is 123 Å². The molecule has 0 radical (unpaired) electrons. The normalized spacial score (nSPS) is 26.5. The van der Waals surface area contributed by atoms with Crippen LogP contribution in [0.5, 0.6) is 11.5 Å². The van der Waals surface area contributed by atoms with Crippen LogP contribution in [0.1, 0.15) is 201 Å². The Morgan fingerprint density at radius 2 is 1.53 bits per heavy atom. The molecule has 14 heteroatoms. The summed E-state index contributed by atoms with van der Waals surface area (Å²) in [5.41, 5.74) is 4.36. The van der Waals surface area contributed by atoms with Gasteiger partial charge in [0.25, 0.3) is 8.53 Å². The van der Waals surface area contributed by atoms with Gasteiger partial charge in [-0.25, -0.2) is 4.67 Å². The van der Waals surface area contributed by atoms with Gasteiger partial charge in [0, 0.05) is 49.0 Å². The summed E-state index contributed by atoms with van der Waals surface area (Å²) in [6.07, 6.45) is 22.4. The fourth-order valence-electron chi connectivity index (χ4n) is 16.3. The largest absolute Gasteiger partial charge is 0.497 e. The fraction of sp³-hybridized carbons (Fsp3) is 0.681. The summed E-state index contributed by atoms with van der Waals surface area (Å²) in [7, 11) is 5.71. The molecule has 3 saturated carbocycles. The lowest BCUT2D eigenvalue weighted by Gasteiger charge is -2.58. The number of allylic oxidation sites excluding steroid dienone is 2. The van der Waals surface area contributed by atoms with E-state index in [1.807, 2.05) is 69.0 Å². The number of nitrogens with one attached hydrogen (secondary N) is 1. The van der Waals surface area contributed by atoms with Gasteiger partial charge in [-0.3, -0.25) is 9.59 Å². The van der Waals surface area contributed by atoms with Crippen LogP contribution in [-0.2, 0) is 29.0 Å². The molecule has 0 bridgehead atoms. The van der Waals surface area contributed by atoms with Gasteiger partial charge in [-0.1, -0.05) is 155 Å². The first kappa shape index (κ1) is 68.3. The molecule has 3 aromatic carbocycles. The van der Waals surface area contributed by atoms with Gasteiger partial charge in [0.15, 0.2) is 0 Å². The van der Waals surface area contributed by atoms with E-state index in [1.165, 1.54) is 70.6 Å². The van der Waals surface area contributed by atoms with E-state index in [0.717, 1.165) is 88.7 Å². The van der Waals surface area contributed by atoms with E-state index in [-0.39, 0.29) is 55.7 Å². The zero-order valence-electron chi connectivity index (χ0n) is 54.4. The highest BCUT2D eigenvalue weighted by atomic mass is 33.1. The number of amides is 2. The second-order valence-electron chi connectivity index (χ2n) is 27.2. The quantitative estimate of drug-likeness (QED) is 0.0206. The number of methoxy groups -OCH3 is 2. The lowest BCUT2D eigenvalue weighted by molar-refractivity contribution is -0.134. The van der Waals surface area contributed by atoms with Crippen LogP contribution in [0, 0.1) is 57.7 Å². The Hall–Kier alpha value is -3.60. The van der Waals surface area contributed by atoms with E-state index in [2.05, 4.69) is 121 Å². The number of rotatable bonds is 33. The number of carbonyl (C=O) groups excluding carboxylic acids is 2. The molecule has 12 atom stereocenters. The molecule has 5 unspecified atom stereocenters. The third kappa shape index (κ3) is 16.5. The maximum Gasteiger partial charge on any atom is 0.259 e. The van der Waals surface area contributed by atoms with Crippen molar-refractivity contribution in [1.29, 1.82) is 5.26 Å². The molecule has 2 amide bonds. The molecular weight excluding hydrogens is 1130 g/mol. The van der Waals surface area contributed by atoms with Gasteiger partial charge in [0.05, 0.1) is 52.1 Å². The van der Waals surface area contributed by atoms with Crippen molar-refractivity contribution in [3.63, 3.8) is 0 Å². The number of unbranched alkanes of at least 4 members (excludes halogenated alkanes) is 2. The van der Waals surface area contributed by atoms with E-state index < -0.39 is 14.1 Å². The van der Waals surface area contributed by atoms with E-state index in [1.54, 1.807) is 19.8 Å². The number of likely N-dealkylation sites (tertiary alicyclic amines) is 1. The summed E-state index contributed by atoms with van der Waals surface area (Å²) < 4.78 is 34.4. The highest BCUT2D eigenvalue weighted by Gasteiger charge is 2.59. The minimum Gasteiger partial charge on any atom is -0.497 e. The van der Waals surface area contributed by atoms with Crippen LogP contribution >= 0.6 is 30.1 Å². The zero-order valence-corrected chi connectivity index (χ0v) is 56.9. The van der Waals surface area contributed by atoms with Crippen molar-refractivity contribution in [3.8, 4) is 17.6 Å². The summed E-state index contributed by atoms with van der Waals surface area (Å²) >= 11 is 0. The van der Waals surface area contributed by atoms with Crippen LogP contribution in [0.25, 0.3) is 0 Å². The third-order valence-electron chi connectivity index (χ3n) is 21.0. The maximum atomic E-state index is 14.7. The number of hydrogen-bond acceptors (Lipinski definition) is 11. The molecule has 5 aliphatic rings. The molecule has 86 heavy (non-hydrogen) atoms. The van der Waals surface area contributed by atoms with Crippen LogP contribution in [-0.4, -0.2) is 97.1 Å². The zero-order chi connectivity index (χ0) is 61.4. The lowest BCUT2D eigenvalue weighted by Crippen LogP contribution is -2.50. The number of hydrogen-bond donors (Lipinski definition) is 1. The summed E-state index contributed by atoms with van der Waals surface area (Å²) in [5.74, 6) is 7.63. The van der Waals surface area contributed by atoms with Crippen molar-refractivity contribution in [2.24, 2.45) is 46.3 Å². The molecule has 1 aliphatic heterocycles. The van der Waals surface area contributed by atoms with Gasteiger partial charge in [0.1, 0.15) is 17.1 Å². The first-order valence-electron chi connectivity index (χ1n) is 33.3. The Labute approximate surface area is 528 Å². The van der Waals surface area contributed by atoms with E-state index >= 15 is 0 Å². The highest BCUT2D eigenvalue weighted by molar-refractivity contribution is 8.76. The summed E-state index contributed by atoms with van der Waals surface area (Å²) in [6.45, 7) is 22.9. The minimum absolute atomic E-state index is 0.0583. The number of benzene rings is 3. The van der Waals surface area contributed by atoms with Crippen molar-refractivity contribution >= 4 is 41.9 Å². The Bertz CT molecular complexity index is 2610. The lowest BCUT2D eigenvalue weighted by atomic mass is 9.47. The molecule has 1 saturated heterocycles. The molecule has 474 valence electrons. The summed E-state index contributed by atoms with van der Waals surface area (Å²) in [5, 5.41) is 13.3. The number of nitriles is 1. The Morgan fingerprint density at radius 3 is 2.19 bits per heavy atom. The second-order valence-corrected chi connectivity index (χ2v) is 31.4. The first-order valence-corrected chi connectivity index (χ1v) is 36.8.